The molecule has 0 radical (unpaired) electrons. The van der Waals surface area contributed by atoms with E-state index in [1.165, 1.54) is 5.39 Å². The lowest BCUT2D eigenvalue weighted by Crippen LogP contribution is -1.94. The molecule has 5 heteroatoms. The van der Waals surface area contributed by atoms with Crippen molar-refractivity contribution in [2.75, 3.05) is 0 Å². The number of fused-ring (bicyclic) bond motifs is 6. The second-order valence-electron chi connectivity index (χ2n) is 11.0. The van der Waals surface area contributed by atoms with Gasteiger partial charge in [-0.1, -0.05) is 115 Å². The van der Waals surface area contributed by atoms with Crippen molar-refractivity contribution in [3.05, 3.63) is 146 Å². The summed E-state index contributed by atoms with van der Waals surface area (Å²) in [5.41, 5.74) is 9.49. The van der Waals surface area contributed by atoms with Crippen molar-refractivity contribution in [3.8, 4) is 45.3 Å². The molecule has 0 saturated carbocycles. The van der Waals surface area contributed by atoms with Crippen molar-refractivity contribution in [2.24, 2.45) is 0 Å². The first-order valence-corrected chi connectivity index (χ1v) is 14.9. The SMILES string of the molecule is c1ccc(-c2nc(-c3ccc(-c4cccc(-c5nc6ccccc6c6ccccc56)n4)cc3)c3oc4ccccc4c3n2)cc1. The molecule has 210 valence electrons. The van der Waals surface area contributed by atoms with Crippen molar-refractivity contribution < 1.29 is 4.42 Å². The maximum Gasteiger partial charge on any atom is 0.180 e. The first-order chi connectivity index (χ1) is 22.3. The third kappa shape index (κ3) is 4.25. The number of hydrogen-bond acceptors (Lipinski definition) is 5. The van der Waals surface area contributed by atoms with Gasteiger partial charge in [-0.15, -0.1) is 0 Å². The molecule has 0 fully saturated rings. The topological polar surface area (TPSA) is 64.7 Å². The Morgan fingerprint density at radius 2 is 1.04 bits per heavy atom. The molecular weight excluding hydrogens is 552 g/mol. The molecule has 0 unspecified atom stereocenters. The largest absolute Gasteiger partial charge is 0.452 e. The Hall–Kier alpha value is -6.20. The third-order valence-electron chi connectivity index (χ3n) is 8.31. The molecule has 9 aromatic rings. The van der Waals surface area contributed by atoms with Gasteiger partial charge in [-0.2, -0.15) is 0 Å². The first kappa shape index (κ1) is 25.3. The predicted molar refractivity (Wildman–Crippen MR) is 182 cm³/mol. The molecule has 0 atom stereocenters. The van der Waals surface area contributed by atoms with Gasteiger partial charge in [0.1, 0.15) is 16.8 Å². The van der Waals surface area contributed by atoms with Crippen LogP contribution in [0.15, 0.2) is 150 Å². The van der Waals surface area contributed by atoms with Gasteiger partial charge in [0.05, 0.1) is 22.6 Å². The lowest BCUT2D eigenvalue weighted by molar-refractivity contribution is 0.667. The van der Waals surface area contributed by atoms with Gasteiger partial charge in [-0.3, -0.25) is 0 Å². The first-order valence-electron chi connectivity index (χ1n) is 14.9. The van der Waals surface area contributed by atoms with Crippen molar-refractivity contribution in [1.82, 2.24) is 19.9 Å². The molecule has 5 aromatic carbocycles. The summed E-state index contributed by atoms with van der Waals surface area (Å²) in [7, 11) is 0. The van der Waals surface area contributed by atoms with Gasteiger partial charge in [-0.05, 0) is 35.7 Å². The fourth-order valence-electron chi connectivity index (χ4n) is 6.13. The van der Waals surface area contributed by atoms with E-state index in [0.717, 1.165) is 72.2 Å². The van der Waals surface area contributed by atoms with Crippen LogP contribution in [0.1, 0.15) is 0 Å². The van der Waals surface area contributed by atoms with Crippen LogP contribution in [0.2, 0.25) is 0 Å². The number of furan rings is 1. The Morgan fingerprint density at radius 1 is 0.378 bits per heavy atom. The number of nitrogens with zero attached hydrogens (tertiary/aromatic N) is 4. The van der Waals surface area contributed by atoms with Crippen molar-refractivity contribution in [1.29, 1.82) is 0 Å². The third-order valence-corrected chi connectivity index (χ3v) is 8.31. The molecule has 5 nitrogen and oxygen atoms in total. The summed E-state index contributed by atoms with van der Waals surface area (Å²) < 4.78 is 6.33. The number of para-hydroxylation sites is 2. The molecule has 0 aliphatic carbocycles. The average Bonchev–Trinajstić information content (AvgIpc) is 3.50. The minimum atomic E-state index is 0.665. The van der Waals surface area contributed by atoms with E-state index in [2.05, 4.69) is 66.7 Å². The van der Waals surface area contributed by atoms with E-state index in [0.29, 0.717) is 11.4 Å². The zero-order valence-electron chi connectivity index (χ0n) is 24.1. The summed E-state index contributed by atoms with van der Waals surface area (Å²) in [6.45, 7) is 0. The van der Waals surface area contributed by atoms with Gasteiger partial charge in [0, 0.05) is 32.8 Å². The van der Waals surface area contributed by atoms with Crippen LogP contribution in [0.25, 0.3) is 89.0 Å². The lowest BCUT2D eigenvalue weighted by atomic mass is 10.0. The number of benzene rings is 5. The Balaban J connectivity index is 1.15. The fraction of sp³-hybridized carbons (Fsp3) is 0. The molecule has 0 aliphatic heterocycles. The minimum Gasteiger partial charge on any atom is -0.452 e. The van der Waals surface area contributed by atoms with Crippen molar-refractivity contribution in [2.45, 2.75) is 0 Å². The smallest absolute Gasteiger partial charge is 0.180 e. The molecule has 0 amide bonds. The molecular formula is C40H24N4O. The monoisotopic (exact) mass is 576 g/mol. The van der Waals surface area contributed by atoms with Crippen LogP contribution in [-0.2, 0) is 0 Å². The zero-order chi connectivity index (χ0) is 29.7. The summed E-state index contributed by atoms with van der Waals surface area (Å²) in [6.07, 6.45) is 0. The van der Waals surface area contributed by atoms with Gasteiger partial charge in [0.2, 0.25) is 0 Å². The molecule has 0 N–H and O–H groups in total. The van der Waals surface area contributed by atoms with Crippen LogP contribution >= 0.6 is 0 Å². The van der Waals surface area contributed by atoms with Crippen molar-refractivity contribution in [3.63, 3.8) is 0 Å². The van der Waals surface area contributed by atoms with Crippen molar-refractivity contribution >= 4 is 43.7 Å². The summed E-state index contributed by atoms with van der Waals surface area (Å²) in [4.78, 5) is 20.1. The summed E-state index contributed by atoms with van der Waals surface area (Å²) in [5, 5.41) is 4.37. The van der Waals surface area contributed by atoms with Gasteiger partial charge in [-0.25, -0.2) is 19.9 Å². The maximum absolute atomic E-state index is 6.33. The van der Waals surface area contributed by atoms with E-state index >= 15 is 0 Å². The Morgan fingerprint density at radius 3 is 1.89 bits per heavy atom. The van der Waals surface area contributed by atoms with E-state index in [4.69, 9.17) is 24.4 Å². The second-order valence-corrected chi connectivity index (χ2v) is 11.0. The van der Waals surface area contributed by atoms with Crippen LogP contribution < -0.4 is 0 Å². The molecule has 0 saturated heterocycles. The molecule has 0 aliphatic rings. The lowest BCUT2D eigenvalue weighted by Gasteiger charge is -2.11. The average molecular weight is 577 g/mol. The molecule has 0 spiro atoms. The highest BCUT2D eigenvalue weighted by molar-refractivity contribution is 6.10. The van der Waals surface area contributed by atoms with E-state index in [9.17, 15) is 0 Å². The Kier molecular flexibility index (Phi) is 5.74. The van der Waals surface area contributed by atoms with Crippen LogP contribution in [0.3, 0.4) is 0 Å². The molecule has 4 aromatic heterocycles. The van der Waals surface area contributed by atoms with Gasteiger partial charge in [0.25, 0.3) is 0 Å². The number of aromatic nitrogens is 4. The van der Waals surface area contributed by atoms with Gasteiger partial charge < -0.3 is 4.42 Å². The number of pyridine rings is 2. The Labute approximate surface area is 258 Å². The number of rotatable bonds is 4. The highest BCUT2D eigenvalue weighted by Gasteiger charge is 2.18. The molecule has 0 bridgehead atoms. The minimum absolute atomic E-state index is 0.665. The fourth-order valence-corrected chi connectivity index (χ4v) is 6.13. The predicted octanol–water partition coefficient (Wildman–Crippen LogP) is 10.1. The van der Waals surface area contributed by atoms with Crippen LogP contribution in [0.5, 0.6) is 0 Å². The van der Waals surface area contributed by atoms with Gasteiger partial charge in [0.15, 0.2) is 11.4 Å². The highest BCUT2D eigenvalue weighted by Crippen LogP contribution is 2.37. The van der Waals surface area contributed by atoms with Crippen LogP contribution in [0.4, 0.5) is 0 Å². The normalized spacial score (nSPS) is 11.6. The molecule has 9 rings (SSSR count). The van der Waals surface area contributed by atoms with E-state index in [-0.39, 0.29) is 0 Å². The summed E-state index contributed by atoms with van der Waals surface area (Å²) in [5.74, 6) is 0.665. The standard InChI is InChI=1S/C40H24N4O/c1-2-11-27(12-3-1)40-43-36(39-38(44-40)31-16-7-9-20-35(31)45-39)26-23-21-25(22-24-26)32-18-10-19-34(41-32)37-30-15-5-4-13-28(30)29-14-6-8-17-33(29)42-37/h1-24H. The van der Waals surface area contributed by atoms with Crippen LogP contribution in [0, 0.1) is 0 Å². The quantitative estimate of drug-likeness (QED) is 0.195. The second kappa shape index (κ2) is 10.2. The van der Waals surface area contributed by atoms with E-state index in [1.54, 1.807) is 0 Å². The van der Waals surface area contributed by atoms with E-state index < -0.39 is 0 Å². The Bertz CT molecular complexity index is 2540. The maximum atomic E-state index is 6.33. The molecule has 45 heavy (non-hydrogen) atoms. The van der Waals surface area contributed by atoms with Gasteiger partial charge >= 0.3 is 0 Å². The van der Waals surface area contributed by atoms with Crippen LogP contribution in [-0.4, -0.2) is 19.9 Å². The molecule has 4 heterocycles. The van der Waals surface area contributed by atoms with E-state index in [1.807, 2.05) is 78.9 Å². The number of hydrogen-bond donors (Lipinski definition) is 0. The summed E-state index contributed by atoms with van der Waals surface area (Å²) in [6, 6.07) is 49.2. The summed E-state index contributed by atoms with van der Waals surface area (Å²) >= 11 is 0. The zero-order valence-corrected chi connectivity index (χ0v) is 24.1. The highest BCUT2D eigenvalue weighted by atomic mass is 16.3.